The SMILES string of the molecule is Cc1cc(C)nc(N(CC(=O)O)C(C)C)n1. The van der Waals surface area contributed by atoms with Crippen LogP contribution in [0.15, 0.2) is 6.07 Å². The molecule has 0 spiro atoms. The van der Waals surface area contributed by atoms with Crippen molar-refractivity contribution in [3.05, 3.63) is 17.5 Å². The van der Waals surface area contributed by atoms with E-state index in [9.17, 15) is 4.79 Å². The van der Waals surface area contributed by atoms with Crippen LogP contribution in [0.25, 0.3) is 0 Å². The molecule has 16 heavy (non-hydrogen) atoms. The molecular weight excluding hydrogens is 206 g/mol. The van der Waals surface area contributed by atoms with E-state index < -0.39 is 5.97 Å². The number of aliphatic carboxylic acids is 1. The first-order chi connectivity index (χ1) is 7.40. The van der Waals surface area contributed by atoms with E-state index in [2.05, 4.69) is 9.97 Å². The van der Waals surface area contributed by atoms with E-state index in [1.807, 2.05) is 33.8 Å². The van der Waals surface area contributed by atoms with Gasteiger partial charge in [0.05, 0.1) is 0 Å². The largest absolute Gasteiger partial charge is 0.480 e. The lowest BCUT2D eigenvalue weighted by atomic mass is 10.3. The molecular formula is C11H17N3O2. The van der Waals surface area contributed by atoms with Gasteiger partial charge in [-0.2, -0.15) is 0 Å². The highest BCUT2D eigenvalue weighted by atomic mass is 16.4. The van der Waals surface area contributed by atoms with Gasteiger partial charge in [-0.05, 0) is 33.8 Å². The van der Waals surface area contributed by atoms with Gasteiger partial charge >= 0.3 is 5.97 Å². The number of hydrogen-bond donors (Lipinski definition) is 1. The molecule has 0 atom stereocenters. The molecule has 0 amide bonds. The zero-order valence-electron chi connectivity index (χ0n) is 10.1. The molecule has 0 bridgehead atoms. The third kappa shape index (κ3) is 3.18. The summed E-state index contributed by atoms with van der Waals surface area (Å²) in [6.45, 7) is 7.50. The number of nitrogens with zero attached hydrogens (tertiary/aromatic N) is 3. The van der Waals surface area contributed by atoms with Crippen LogP contribution in [0.3, 0.4) is 0 Å². The van der Waals surface area contributed by atoms with Crippen molar-refractivity contribution < 1.29 is 9.90 Å². The lowest BCUT2D eigenvalue weighted by Gasteiger charge is -2.25. The van der Waals surface area contributed by atoms with E-state index in [4.69, 9.17) is 5.11 Å². The van der Waals surface area contributed by atoms with Crippen molar-refractivity contribution in [3.8, 4) is 0 Å². The van der Waals surface area contributed by atoms with Crippen LogP contribution < -0.4 is 4.90 Å². The number of rotatable bonds is 4. The van der Waals surface area contributed by atoms with Crippen molar-refractivity contribution in [2.45, 2.75) is 33.7 Å². The first-order valence-electron chi connectivity index (χ1n) is 5.21. The number of anilines is 1. The highest BCUT2D eigenvalue weighted by molar-refractivity contribution is 5.72. The fourth-order valence-electron chi connectivity index (χ4n) is 1.47. The first kappa shape index (κ1) is 12.4. The van der Waals surface area contributed by atoms with Crippen molar-refractivity contribution in [1.29, 1.82) is 0 Å². The van der Waals surface area contributed by atoms with E-state index in [0.29, 0.717) is 5.95 Å². The van der Waals surface area contributed by atoms with Crippen molar-refractivity contribution in [3.63, 3.8) is 0 Å². The fraction of sp³-hybridized carbons (Fsp3) is 0.545. The minimum Gasteiger partial charge on any atom is -0.480 e. The van der Waals surface area contributed by atoms with E-state index in [-0.39, 0.29) is 12.6 Å². The molecule has 1 aromatic heterocycles. The summed E-state index contributed by atoms with van der Waals surface area (Å²) >= 11 is 0. The van der Waals surface area contributed by atoms with Crippen molar-refractivity contribution in [2.24, 2.45) is 0 Å². The Hall–Kier alpha value is -1.65. The Bertz CT molecular complexity index is 371. The maximum absolute atomic E-state index is 10.8. The van der Waals surface area contributed by atoms with Crippen LogP contribution in [0.2, 0.25) is 0 Å². The average molecular weight is 223 g/mol. The molecule has 1 N–H and O–H groups in total. The van der Waals surface area contributed by atoms with Gasteiger partial charge in [-0.1, -0.05) is 0 Å². The number of carboxylic acid groups (broad SMARTS) is 1. The molecule has 0 saturated heterocycles. The first-order valence-corrected chi connectivity index (χ1v) is 5.21. The van der Waals surface area contributed by atoms with Crippen LogP contribution in [-0.2, 0) is 4.79 Å². The summed E-state index contributed by atoms with van der Waals surface area (Å²) in [6.07, 6.45) is 0. The number of hydrogen-bond acceptors (Lipinski definition) is 4. The Labute approximate surface area is 95.1 Å². The Morgan fingerprint density at radius 3 is 2.25 bits per heavy atom. The lowest BCUT2D eigenvalue weighted by molar-refractivity contribution is -0.135. The summed E-state index contributed by atoms with van der Waals surface area (Å²) < 4.78 is 0. The molecule has 0 aliphatic rings. The second-order valence-electron chi connectivity index (χ2n) is 4.07. The smallest absolute Gasteiger partial charge is 0.323 e. The molecule has 0 aliphatic carbocycles. The van der Waals surface area contributed by atoms with Crippen molar-refractivity contribution in [2.75, 3.05) is 11.4 Å². The minimum atomic E-state index is -0.878. The van der Waals surface area contributed by atoms with Crippen LogP contribution in [0.4, 0.5) is 5.95 Å². The molecule has 0 fully saturated rings. The van der Waals surface area contributed by atoms with E-state index in [1.54, 1.807) is 4.90 Å². The van der Waals surface area contributed by atoms with Crippen LogP contribution in [0.1, 0.15) is 25.2 Å². The molecule has 0 aromatic carbocycles. The topological polar surface area (TPSA) is 66.3 Å². The Balaban J connectivity index is 3.05. The van der Waals surface area contributed by atoms with Crippen molar-refractivity contribution in [1.82, 2.24) is 9.97 Å². The van der Waals surface area contributed by atoms with Gasteiger partial charge in [-0.15, -0.1) is 0 Å². The van der Waals surface area contributed by atoms with E-state index in [0.717, 1.165) is 11.4 Å². The molecule has 5 nitrogen and oxygen atoms in total. The zero-order chi connectivity index (χ0) is 12.3. The summed E-state index contributed by atoms with van der Waals surface area (Å²) in [6, 6.07) is 1.92. The third-order valence-electron chi connectivity index (χ3n) is 2.16. The van der Waals surface area contributed by atoms with Gasteiger partial charge in [0, 0.05) is 17.4 Å². The minimum absolute atomic E-state index is 0.0531. The van der Waals surface area contributed by atoms with Gasteiger partial charge < -0.3 is 10.0 Å². The Morgan fingerprint density at radius 2 is 1.88 bits per heavy atom. The third-order valence-corrected chi connectivity index (χ3v) is 2.16. The van der Waals surface area contributed by atoms with Crippen molar-refractivity contribution >= 4 is 11.9 Å². The summed E-state index contributed by atoms with van der Waals surface area (Å²) in [5, 5.41) is 8.84. The highest BCUT2D eigenvalue weighted by Crippen LogP contribution is 2.12. The molecule has 5 heteroatoms. The predicted molar refractivity (Wildman–Crippen MR) is 61.6 cm³/mol. The number of aryl methyl sites for hydroxylation is 2. The van der Waals surface area contributed by atoms with Crippen LogP contribution in [0.5, 0.6) is 0 Å². The predicted octanol–water partition coefficient (Wildman–Crippen LogP) is 1.39. The fourth-order valence-corrected chi connectivity index (χ4v) is 1.47. The number of aromatic nitrogens is 2. The number of carboxylic acids is 1. The maximum atomic E-state index is 10.8. The van der Waals surface area contributed by atoms with Gasteiger partial charge in [0.1, 0.15) is 6.54 Å². The van der Waals surface area contributed by atoms with Gasteiger partial charge in [0.25, 0.3) is 0 Å². The normalized spacial score (nSPS) is 10.6. The van der Waals surface area contributed by atoms with Crippen LogP contribution in [0, 0.1) is 13.8 Å². The molecule has 1 heterocycles. The molecule has 0 radical (unpaired) electrons. The van der Waals surface area contributed by atoms with Crippen LogP contribution in [-0.4, -0.2) is 33.6 Å². The van der Waals surface area contributed by atoms with Gasteiger partial charge in [-0.25, -0.2) is 9.97 Å². The van der Waals surface area contributed by atoms with Gasteiger partial charge in [-0.3, -0.25) is 4.79 Å². The maximum Gasteiger partial charge on any atom is 0.323 e. The zero-order valence-corrected chi connectivity index (χ0v) is 10.1. The Morgan fingerprint density at radius 1 is 1.38 bits per heavy atom. The molecule has 88 valence electrons. The van der Waals surface area contributed by atoms with Gasteiger partial charge in [0.15, 0.2) is 0 Å². The van der Waals surface area contributed by atoms with Gasteiger partial charge in [0.2, 0.25) is 5.95 Å². The van der Waals surface area contributed by atoms with E-state index >= 15 is 0 Å². The summed E-state index contributed by atoms with van der Waals surface area (Å²) in [5.41, 5.74) is 1.69. The summed E-state index contributed by atoms with van der Waals surface area (Å²) in [7, 11) is 0. The second-order valence-corrected chi connectivity index (χ2v) is 4.07. The average Bonchev–Trinajstić information content (AvgIpc) is 2.11. The molecule has 0 unspecified atom stereocenters. The summed E-state index contributed by atoms with van der Waals surface area (Å²) in [5.74, 6) is -0.397. The van der Waals surface area contributed by atoms with E-state index in [1.165, 1.54) is 0 Å². The lowest BCUT2D eigenvalue weighted by Crippen LogP contribution is -2.37. The van der Waals surface area contributed by atoms with Crippen LogP contribution >= 0.6 is 0 Å². The molecule has 0 aliphatic heterocycles. The quantitative estimate of drug-likeness (QED) is 0.835. The second kappa shape index (κ2) is 4.92. The number of carbonyl (C=O) groups is 1. The monoisotopic (exact) mass is 223 g/mol. The Kier molecular flexibility index (Phi) is 3.82. The molecule has 1 aromatic rings. The molecule has 0 saturated carbocycles. The highest BCUT2D eigenvalue weighted by Gasteiger charge is 2.17. The molecule has 1 rings (SSSR count). The summed E-state index contributed by atoms with van der Waals surface area (Å²) in [4.78, 5) is 20.9. The standard InChI is InChI=1S/C11H17N3O2/c1-7(2)14(6-10(15)16)11-12-8(3)5-9(4)13-11/h5,7H,6H2,1-4H3,(H,15,16).